The zero-order chi connectivity index (χ0) is 28.2. The molecule has 0 heterocycles. The van der Waals surface area contributed by atoms with Gasteiger partial charge >= 0.3 is 12.0 Å². The molecule has 0 aromatic rings. The Balaban J connectivity index is 4.45. The highest BCUT2D eigenvalue weighted by atomic mass is 32.2. The average molecular weight is 539 g/mol. The van der Waals surface area contributed by atoms with E-state index in [-0.39, 0.29) is 25.1 Å². The normalized spacial score (nSPS) is 13.3. The fourth-order valence-electron chi connectivity index (χ4n) is 3.26. The van der Waals surface area contributed by atoms with E-state index in [2.05, 4.69) is 61.9 Å². The number of thioether (sulfide) groups is 1. The lowest BCUT2D eigenvalue weighted by atomic mass is 10.0. The Kier molecular flexibility index (Phi) is 18.8. The van der Waals surface area contributed by atoms with Crippen molar-refractivity contribution in [2.24, 2.45) is 11.7 Å². The number of carbonyl (C=O) groups excluding carboxylic acids is 3. The maximum Gasteiger partial charge on any atom is 0.327 e. The highest BCUT2D eigenvalue weighted by Crippen LogP contribution is 2.13. The molecule has 6 N–H and O–H groups in total. The van der Waals surface area contributed by atoms with Crippen LogP contribution in [0.15, 0.2) is 34.9 Å². The number of carboxylic acids is 1. The summed E-state index contributed by atoms with van der Waals surface area (Å²) in [6.45, 7) is 10.6. The van der Waals surface area contributed by atoms with Crippen LogP contribution < -0.4 is 21.7 Å². The van der Waals surface area contributed by atoms with Gasteiger partial charge in [0.05, 0.1) is 5.92 Å². The number of allylic oxidation sites excluding steroid dienone is 5. The number of carbonyl (C=O) groups is 4. The molecule has 0 saturated carbocycles. The minimum absolute atomic E-state index is 0.00357. The van der Waals surface area contributed by atoms with Crippen LogP contribution in [0.5, 0.6) is 0 Å². The fourth-order valence-corrected chi connectivity index (χ4v) is 4.26. The van der Waals surface area contributed by atoms with Crippen molar-refractivity contribution >= 4 is 35.6 Å². The summed E-state index contributed by atoms with van der Waals surface area (Å²) >= 11 is 1.44. The van der Waals surface area contributed by atoms with Gasteiger partial charge in [-0.1, -0.05) is 34.9 Å². The van der Waals surface area contributed by atoms with Gasteiger partial charge in [-0.05, 0) is 66.7 Å². The zero-order valence-corrected chi connectivity index (χ0v) is 23.8. The Bertz CT molecular complexity index is 835. The third kappa shape index (κ3) is 19.1. The lowest BCUT2D eigenvalue weighted by Crippen LogP contribution is -2.44. The molecule has 0 spiro atoms. The number of aliphatic carboxylic acids is 1. The first kappa shape index (κ1) is 34.2. The second-order valence-electron chi connectivity index (χ2n) is 9.33. The Hall–Kier alpha value is -2.75. The summed E-state index contributed by atoms with van der Waals surface area (Å²) < 4.78 is 0. The van der Waals surface area contributed by atoms with Gasteiger partial charge in [0.25, 0.3) is 0 Å². The first-order chi connectivity index (χ1) is 17.5. The van der Waals surface area contributed by atoms with Crippen LogP contribution in [0.3, 0.4) is 0 Å². The van der Waals surface area contributed by atoms with Gasteiger partial charge in [-0.25, -0.2) is 9.59 Å². The topological polar surface area (TPSA) is 151 Å². The number of amides is 4. The van der Waals surface area contributed by atoms with Crippen LogP contribution in [0.25, 0.3) is 0 Å². The Morgan fingerprint density at radius 3 is 2.11 bits per heavy atom. The molecular formula is C27H46N4O5S. The molecule has 0 aromatic heterocycles. The lowest BCUT2D eigenvalue weighted by molar-refractivity contribution is -0.141. The monoisotopic (exact) mass is 538 g/mol. The predicted octanol–water partition coefficient (Wildman–Crippen LogP) is 3.91. The fraction of sp³-hybridized carbons (Fsp3) is 0.630. The number of hydrogen-bond donors (Lipinski definition) is 5. The van der Waals surface area contributed by atoms with E-state index < -0.39 is 35.8 Å². The Labute approximate surface area is 226 Å². The number of nitrogens with two attached hydrogens (primary N) is 1. The van der Waals surface area contributed by atoms with Gasteiger partial charge < -0.3 is 26.8 Å². The number of carboxylic acid groups (broad SMARTS) is 1. The van der Waals surface area contributed by atoms with Gasteiger partial charge in [0.2, 0.25) is 11.8 Å². The van der Waals surface area contributed by atoms with Crippen LogP contribution in [0.4, 0.5) is 4.79 Å². The van der Waals surface area contributed by atoms with E-state index in [1.54, 1.807) is 6.92 Å². The molecule has 10 heteroatoms. The van der Waals surface area contributed by atoms with E-state index in [0.29, 0.717) is 12.3 Å². The van der Waals surface area contributed by atoms with Gasteiger partial charge in [0.15, 0.2) is 0 Å². The maximum atomic E-state index is 12.3. The van der Waals surface area contributed by atoms with Crippen LogP contribution in [-0.2, 0) is 14.4 Å². The minimum Gasteiger partial charge on any atom is -0.480 e. The maximum absolute atomic E-state index is 12.3. The summed E-state index contributed by atoms with van der Waals surface area (Å²) in [7, 11) is 0. The molecule has 0 aromatic carbocycles. The van der Waals surface area contributed by atoms with E-state index in [1.807, 2.05) is 0 Å². The molecule has 37 heavy (non-hydrogen) atoms. The lowest BCUT2D eigenvalue weighted by Gasteiger charge is -2.16. The van der Waals surface area contributed by atoms with Gasteiger partial charge in [-0.2, -0.15) is 11.8 Å². The zero-order valence-electron chi connectivity index (χ0n) is 23.0. The molecule has 0 bridgehead atoms. The first-order valence-electron chi connectivity index (χ1n) is 12.8. The van der Waals surface area contributed by atoms with Gasteiger partial charge in [-0.3, -0.25) is 9.59 Å². The SMILES string of the molecule is CCNC(=O)NCC(CCC(=O)NC(CSCC=C(C)CCC=C(C)CCC=C(C)C)C(=O)O)C(N)=O. The second-order valence-corrected chi connectivity index (χ2v) is 10.4. The van der Waals surface area contributed by atoms with Crippen LogP contribution in [-0.4, -0.2) is 59.6 Å². The summed E-state index contributed by atoms with van der Waals surface area (Å²) in [5.74, 6) is -2.06. The van der Waals surface area contributed by atoms with Crippen molar-refractivity contribution in [3.05, 3.63) is 34.9 Å². The molecule has 0 fully saturated rings. The average Bonchev–Trinajstić information content (AvgIpc) is 2.80. The number of hydrogen-bond acceptors (Lipinski definition) is 5. The smallest absolute Gasteiger partial charge is 0.327 e. The molecule has 2 atom stereocenters. The highest BCUT2D eigenvalue weighted by Gasteiger charge is 2.22. The van der Waals surface area contributed by atoms with Crippen molar-refractivity contribution < 1.29 is 24.3 Å². The van der Waals surface area contributed by atoms with E-state index in [1.165, 1.54) is 28.5 Å². The quantitative estimate of drug-likeness (QED) is 0.124. The molecule has 0 radical (unpaired) electrons. The van der Waals surface area contributed by atoms with E-state index in [9.17, 15) is 24.3 Å². The summed E-state index contributed by atoms with van der Waals surface area (Å²) in [5, 5.41) is 17.1. The third-order valence-electron chi connectivity index (χ3n) is 5.56. The predicted molar refractivity (Wildman–Crippen MR) is 151 cm³/mol. The second kappa shape index (κ2) is 20.3. The molecule has 2 unspecified atom stereocenters. The standard InChI is InChI=1S/C27H46N4O5S/c1-6-29-27(36)30-17-22(25(28)33)13-14-24(32)31-23(26(34)35)18-37-16-15-21(5)12-8-11-20(4)10-7-9-19(2)3/h9,11,15,22-23H,6-8,10,12-14,16-18H2,1-5H3,(H2,28,33)(H,31,32)(H,34,35)(H2,29,30,36). The van der Waals surface area contributed by atoms with Crippen LogP contribution in [0.1, 0.15) is 73.1 Å². The van der Waals surface area contributed by atoms with Crippen molar-refractivity contribution in [2.45, 2.75) is 79.2 Å². The van der Waals surface area contributed by atoms with Crippen LogP contribution in [0, 0.1) is 5.92 Å². The summed E-state index contributed by atoms with van der Waals surface area (Å²) in [4.78, 5) is 47.0. The van der Waals surface area contributed by atoms with Gasteiger partial charge in [-0.15, -0.1) is 0 Å². The molecule has 0 aliphatic carbocycles. The number of primary amides is 1. The minimum atomic E-state index is -1.11. The third-order valence-corrected chi connectivity index (χ3v) is 6.53. The van der Waals surface area contributed by atoms with Crippen molar-refractivity contribution in [3.63, 3.8) is 0 Å². The molecular weight excluding hydrogens is 492 g/mol. The summed E-state index contributed by atoms with van der Waals surface area (Å²) in [6.07, 6.45) is 10.7. The molecule has 0 saturated heterocycles. The van der Waals surface area contributed by atoms with Gasteiger partial charge in [0.1, 0.15) is 6.04 Å². The molecule has 9 nitrogen and oxygen atoms in total. The first-order valence-corrected chi connectivity index (χ1v) is 14.0. The van der Waals surface area contributed by atoms with Crippen LogP contribution in [0.2, 0.25) is 0 Å². The molecule has 0 rings (SSSR count). The summed E-state index contributed by atoms with van der Waals surface area (Å²) in [5.41, 5.74) is 9.34. The van der Waals surface area contributed by atoms with E-state index >= 15 is 0 Å². The number of rotatable bonds is 19. The van der Waals surface area contributed by atoms with Crippen molar-refractivity contribution in [2.75, 3.05) is 24.6 Å². The van der Waals surface area contributed by atoms with Crippen LogP contribution >= 0.6 is 11.8 Å². The molecule has 0 aliphatic rings. The molecule has 4 amide bonds. The number of nitrogens with one attached hydrogen (secondary N) is 3. The van der Waals surface area contributed by atoms with Crippen molar-refractivity contribution in [1.29, 1.82) is 0 Å². The molecule has 210 valence electrons. The largest absolute Gasteiger partial charge is 0.480 e. The van der Waals surface area contributed by atoms with Crippen molar-refractivity contribution in [1.82, 2.24) is 16.0 Å². The van der Waals surface area contributed by atoms with Crippen molar-refractivity contribution in [3.8, 4) is 0 Å². The van der Waals surface area contributed by atoms with E-state index in [4.69, 9.17) is 5.73 Å². The Morgan fingerprint density at radius 1 is 0.919 bits per heavy atom. The number of urea groups is 1. The molecule has 0 aliphatic heterocycles. The summed E-state index contributed by atoms with van der Waals surface area (Å²) in [6, 6.07) is -1.45. The van der Waals surface area contributed by atoms with Gasteiger partial charge in [0, 0.05) is 31.0 Å². The Morgan fingerprint density at radius 2 is 1.54 bits per heavy atom. The highest BCUT2D eigenvalue weighted by molar-refractivity contribution is 7.99. The van der Waals surface area contributed by atoms with E-state index in [0.717, 1.165) is 25.7 Å².